The van der Waals surface area contributed by atoms with Crippen LogP contribution in [0.15, 0.2) is 12.1 Å². The first-order chi connectivity index (χ1) is 9.06. The highest BCUT2D eigenvalue weighted by molar-refractivity contribution is 14.1. The van der Waals surface area contributed by atoms with E-state index in [9.17, 15) is 13.6 Å². The molecule has 0 aliphatic heterocycles. The van der Waals surface area contributed by atoms with Crippen LogP contribution in [0.3, 0.4) is 0 Å². The molecule has 1 aromatic carbocycles. The maximum absolute atomic E-state index is 13.4. The summed E-state index contributed by atoms with van der Waals surface area (Å²) in [5.74, 6) is -2.22. The van der Waals surface area contributed by atoms with E-state index in [1.54, 1.807) is 0 Å². The van der Waals surface area contributed by atoms with E-state index >= 15 is 0 Å². The quantitative estimate of drug-likeness (QED) is 0.313. The number of benzene rings is 1. The van der Waals surface area contributed by atoms with Gasteiger partial charge in [0.25, 0.3) is 5.91 Å². The highest BCUT2D eigenvalue weighted by Crippen LogP contribution is 2.19. The Morgan fingerprint density at radius 1 is 1.16 bits per heavy atom. The lowest BCUT2D eigenvalue weighted by Gasteiger charge is -2.07. The van der Waals surface area contributed by atoms with Gasteiger partial charge in [0.15, 0.2) is 0 Å². The third-order valence-electron chi connectivity index (χ3n) is 2.60. The number of hydrogen-bond acceptors (Lipinski definition) is 1. The van der Waals surface area contributed by atoms with Crippen LogP contribution in [-0.4, -0.2) is 16.9 Å². The number of halogens is 4. The first kappa shape index (κ1) is 16.6. The van der Waals surface area contributed by atoms with Gasteiger partial charge in [0.1, 0.15) is 11.6 Å². The lowest BCUT2D eigenvalue weighted by molar-refractivity contribution is 0.0948. The van der Waals surface area contributed by atoms with Crippen molar-refractivity contribution in [2.75, 3.05) is 11.0 Å². The fourth-order valence-corrected chi connectivity index (χ4v) is 2.26. The smallest absolute Gasteiger partial charge is 0.254 e. The van der Waals surface area contributed by atoms with Crippen LogP contribution in [-0.2, 0) is 0 Å². The Hall–Kier alpha value is -0.430. The highest BCUT2D eigenvalue weighted by Gasteiger charge is 2.14. The standard InChI is InChI=1S/C13H15ClF2INO/c14-10-8-11(15)9(7-12(10)16)13(19)18-6-4-2-1-3-5-17/h7-8H,1-6H2,(H,18,19). The van der Waals surface area contributed by atoms with Crippen LogP contribution in [0.2, 0.25) is 5.02 Å². The van der Waals surface area contributed by atoms with Gasteiger partial charge in [0.2, 0.25) is 0 Å². The first-order valence-electron chi connectivity index (χ1n) is 6.05. The van der Waals surface area contributed by atoms with Gasteiger partial charge < -0.3 is 5.32 Å². The van der Waals surface area contributed by atoms with Crippen molar-refractivity contribution >= 4 is 40.1 Å². The Bertz CT molecular complexity index is 443. The number of unbranched alkanes of at least 4 members (excludes halogenated alkanes) is 3. The van der Waals surface area contributed by atoms with Gasteiger partial charge in [0, 0.05) is 6.54 Å². The largest absolute Gasteiger partial charge is 0.352 e. The second kappa shape index (κ2) is 8.68. The normalized spacial score (nSPS) is 10.5. The zero-order valence-electron chi connectivity index (χ0n) is 10.3. The van der Waals surface area contributed by atoms with Crippen LogP contribution < -0.4 is 5.32 Å². The molecule has 1 amide bonds. The molecule has 0 aliphatic carbocycles. The van der Waals surface area contributed by atoms with Gasteiger partial charge in [-0.05, 0) is 29.4 Å². The summed E-state index contributed by atoms with van der Waals surface area (Å²) in [7, 11) is 0. The average molecular weight is 402 g/mol. The molecule has 0 bridgehead atoms. The minimum absolute atomic E-state index is 0.311. The van der Waals surface area contributed by atoms with Crippen LogP contribution in [0.25, 0.3) is 0 Å². The Morgan fingerprint density at radius 2 is 1.84 bits per heavy atom. The zero-order valence-corrected chi connectivity index (χ0v) is 13.2. The summed E-state index contributed by atoms with van der Waals surface area (Å²) in [6.45, 7) is 0.462. The number of hydrogen-bond donors (Lipinski definition) is 1. The third-order valence-corrected chi connectivity index (χ3v) is 3.65. The van der Waals surface area contributed by atoms with Gasteiger partial charge in [-0.25, -0.2) is 8.78 Å². The van der Waals surface area contributed by atoms with Crippen LogP contribution in [0.4, 0.5) is 8.78 Å². The van der Waals surface area contributed by atoms with E-state index in [4.69, 9.17) is 11.6 Å². The summed E-state index contributed by atoms with van der Waals surface area (Å²) in [6.07, 6.45) is 4.12. The molecule has 0 radical (unpaired) electrons. The van der Waals surface area contributed by atoms with Crippen molar-refractivity contribution in [3.63, 3.8) is 0 Å². The van der Waals surface area contributed by atoms with Crippen LogP contribution in [0.1, 0.15) is 36.0 Å². The topological polar surface area (TPSA) is 29.1 Å². The molecule has 0 unspecified atom stereocenters. The number of rotatable bonds is 7. The lowest BCUT2D eigenvalue weighted by atomic mass is 10.1. The van der Waals surface area contributed by atoms with Crippen molar-refractivity contribution in [3.8, 4) is 0 Å². The van der Waals surface area contributed by atoms with Gasteiger partial charge >= 0.3 is 0 Å². The minimum atomic E-state index is -0.811. The number of alkyl halides is 1. The van der Waals surface area contributed by atoms with E-state index in [0.717, 1.165) is 42.2 Å². The Labute approximate surface area is 130 Å². The van der Waals surface area contributed by atoms with Gasteiger partial charge in [-0.3, -0.25) is 4.79 Å². The minimum Gasteiger partial charge on any atom is -0.352 e. The Morgan fingerprint density at radius 3 is 2.53 bits per heavy atom. The lowest BCUT2D eigenvalue weighted by Crippen LogP contribution is -2.25. The van der Waals surface area contributed by atoms with E-state index in [1.807, 2.05) is 0 Å². The van der Waals surface area contributed by atoms with Crippen LogP contribution in [0, 0.1) is 11.6 Å². The van der Waals surface area contributed by atoms with Gasteiger partial charge in [-0.1, -0.05) is 47.0 Å². The highest BCUT2D eigenvalue weighted by atomic mass is 127. The average Bonchev–Trinajstić information content (AvgIpc) is 2.37. The molecule has 0 aliphatic rings. The van der Waals surface area contributed by atoms with E-state index in [0.29, 0.717) is 6.54 Å². The second-order valence-electron chi connectivity index (χ2n) is 4.11. The molecule has 2 nitrogen and oxygen atoms in total. The van der Waals surface area contributed by atoms with Gasteiger partial charge in [-0.15, -0.1) is 0 Å². The van der Waals surface area contributed by atoms with Gasteiger partial charge in [0.05, 0.1) is 10.6 Å². The summed E-state index contributed by atoms with van der Waals surface area (Å²) in [5.41, 5.74) is -0.311. The molecule has 0 aromatic heterocycles. The summed E-state index contributed by atoms with van der Waals surface area (Å²) >= 11 is 7.74. The Kier molecular flexibility index (Phi) is 7.60. The molecule has 1 N–H and O–H groups in total. The van der Waals surface area contributed by atoms with Crippen LogP contribution in [0.5, 0.6) is 0 Å². The maximum atomic E-state index is 13.4. The predicted octanol–water partition coefficient (Wildman–Crippen LogP) is 4.34. The molecule has 1 aromatic rings. The fourth-order valence-electron chi connectivity index (χ4n) is 1.57. The molecule has 0 heterocycles. The van der Waals surface area contributed by atoms with E-state index in [-0.39, 0.29) is 10.6 Å². The zero-order chi connectivity index (χ0) is 14.3. The maximum Gasteiger partial charge on any atom is 0.254 e. The van der Waals surface area contributed by atoms with Crippen LogP contribution >= 0.6 is 34.2 Å². The fraction of sp³-hybridized carbons (Fsp3) is 0.462. The molecular formula is C13H15ClF2INO. The molecule has 1 rings (SSSR count). The monoisotopic (exact) mass is 401 g/mol. The first-order valence-corrected chi connectivity index (χ1v) is 7.95. The molecule has 19 heavy (non-hydrogen) atoms. The summed E-state index contributed by atoms with van der Waals surface area (Å²) in [4.78, 5) is 11.7. The predicted molar refractivity (Wildman–Crippen MR) is 81.1 cm³/mol. The number of carbonyl (C=O) groups excluding carboxylic acids is 1. The molecule has 0 spiro atoms. The summed E-state index contributed by atoms with van der Waals surface area (Å²) in [5, 5.41) is 2.25. The molecule has 6 heteroatoms. The van der Waals surface area contributed by atoms with E-state index in [2.05, 4.69) is 27.9 Å². The third kappa shape index (κ3) is 5.60. The summed E-state index contributed by atoms with van der Waals surface area (Å²) < 4.78 is 27.7. The van der Waals surface area contributed by atoms with E-state index in [1.165, 1.54) is 0 Å². The Balaban J connectivity index is 2.43. The van der Waals surface area contributed by atoms with Crippen molar-refractivity contribution in [3.05, 3.63) is 34.4 Å². The molecule has 0 saturated carbocycles. The summed E-state index contributed by atoms with van der Waals surface area (Å²) in [6, 6.07) is 1.63. The van der Waals surface area contributed by atoms with Gasteiger partial charge in [-0.2, -0.15) is 0 Å². The molecule has 0 atom stereocenters. The number of amides is 1. The SMILES string of the molecule is O=C(NCCCCCCI)c1cc(F)c(Cl)cc1F. The van der Waals surface area contributed by atoms with Crippen molar-refractivity contribution in [1.29, 1.82) is 0 Å². The van der Waals surface area contributed by atoms with E-state index < -0.39 is 17.5 Å². The second-order valence-corrected chi connectivity index (χ2v) is 5.59. The molecule has 106 valence electrons. The van der Waals surface area contributed by atoms with Crippen molar-refractivity contribution < 1.29 is 13.6 Å². The molecule has 0 fully saturated rings. The van der Waals surface area contributed by atoms with Crippen molar-refractivity contribution in [2.45, 2.75) is 25.7 Å². The molecular weight excluding hydrogens is 387 g/mol. The molecule has 0 saturated heterocycles. The number of carbonyl (C=O) groups is 1. The van der Waals surface area contributed by atoms with Crippen molar-refractivity contribution in [2.24, 2.45) is 0 Å². The van der Waals surface area contributed by atoms with Crippen molar-refractivity contribution in [1.82, 2.24) is 5.32 Å². The number of nitrogens with one attached hydrogen (secondary N) is 1.